The molecule has 0 bridgehead atoms. The lowest BCUT2D eigenvalue weighted by Gasteiger charge is -2.21. The number of esters is 4. The molecule has 0 aromatic rings. The van der Waals surface area contributed by atoms with Gasteiger partial charge in [0.15, 0.2) is 12.2 Å². The Kier molecular flexibility index (Phi) is 53.9. The van der Waals surface area contributed by atoms with E-state index in [1.54, 1.807) is 0 Å². The van der Waals surface area contributed by atoms with Crippen LogP contribution in [0.3, 0.4) is 0 Å². The number of carbonyl (C=O) groups is 4. The lowest BCUT2D eigenvalue weighted by atomic mass is 9.99. The quantitative estimate of drug-likeness (QED) is 0.0222. The number of aliphatic hydroxyl groups is 1. The highest BCUT2D eigenvalue weighted by Crippen LogP contribution is 2.45. The van der Waals surface area contributed by atoms with Gasteiger partial charge in [-0.15, -0.1) is 0 Å². The summed E-state index contributed by atoms with van der Waals surface area (Å²) in [5.74, 6) is 0.753. The van der Waals surface area contributed by atoms with Gasteiger partial charge in [0.1, 0.15) is 19.3 Å². The monoisotopic (exact) mass is 1240 g/mol. The molecule has 0 radical (unpaired) electrons. The van der Waals surface area contributed by atoms with Gasteiger partial charge in [0.25, 0.3) is 0 Å². The molecule has 19 heteroatoms. The summed E-state index contributed by atoms with van der Waals surface area (Å²) in [6.45, 7) is 13.9. The zero-order valence-electron chi connectivity index (χ0n) is 54.5. The first kappa shape index (κ1) is 82.1. The van der Waals surface area contributed by atoms with Crippen LogP contribution in [0.5, 0.6) is 0 Å². The number of ether oxygens (including phenoxy) is 4. The second kappa shape index (κ2) is 55.2. The minimum absolute atomic E-state index is 0.100. The minimum atomic E-state index is -4.95. The van der Waals surface area contributed by atoms with Crippen molar-refractivity contribution in [3.05, 3.63) is 0 Å². The third-order valence-electron chi connectivity index (χ3n) is 15.2. The molecule has 0 spiro atoms. The van der Waals surface area contributed by atoms with E-state index in [1.807, 2.05) is 0 Å². The maximum Gasteiger partial charge on any atom is 0.472 e. The second-order valence-electron chi connectivity index (χ2n) is 25.2. The summed E-state index contributed by atoms with van der Waals surface area (Å²) in [5.41, 5.74) is 0. The van der Waals surface area contributed by atoms with Gasteiger partial charge in [-0.3, -0.25) is 37.3 Å². The predicted molar refractivity (Wildman–Crippen MR) is 335 cm³/mol. The molecule has 0 heterocycles. The smallest absolute Gasteiger partial charge is 0.462 e. The van der Waals surface area contributed by atoms with Gasteiger partial charge in [0.2, 0.25) is 0 Å². The van der Waals surface area contributed by atoms with E-state index in [4.69, 9.17) is 37.0 Å². The van der Waals surface area contributed by atoms with Gasteiger partial charge in [-0.1, -0.05) is 261 Å². The summed E-state index contributed by atoms with van der Waals surface area (Å²) < 4.78 is 68.0. The highest BCUT2D eigenvalue weighted by atomic mass is 31.2. The zero-order valence-corrected chi connectivity index (χ0v) is 56.3. The fourth-order valence-electron chi connectivity index (χ4n) is 9.57. The standard InChI is InChI=1S/C65H126O17P2/c1-9-58(8)44-36-28-18-14-10-11-15-20-31-39-47-64(69)81-60(51-75-62(67)45-37-29-19-16-12-13-17-25-33-41-55(2)3)53-79-83(71,72)77-49-59(66)50-78-84(73,74)80-54-61(82-65(70)48-40-32-24-22-27-35-43-57(6)7)52-76-63(68)46-38-30-23-21-26-34-42-56(4)5/h55-61,66H,9-54H2,1-8H3,(H,71,72)(H,73,74)/t58?,59-,60-,61-/m1/s1. The third-order valence-corrected chi connectivity index (χ3v) is 17.1. The van der Waals surface area contributed by atoms with Crippen LogP contribution in [0.25, 0.3) is 0 Å². The summed E-state index contributed by atoms with van der Waals surface area (Å²) in [5, 5.41) is 10.5. The van der Waals surface area contributed by atoms with Crippen molar-refractivity contribution in [2.75, 3.05) is 39.6 Å². The highest BCUT2D eigenvalue weighted by Gasteiger charge is 2.30. The van der Waals surface area contributed by atoms with Gasteiger partial charge < -0.3 is 33.8 Å². The van der Waals surface area contributed by atoms with Gasteiger partial charge in [-0.05, 0) is 49.4 Å². The first-order chi connectivity index (χ1) is 40.1. The first-order valence-electron chi connectivity index (χ1n) is 33.7. The van der Waals surface area contributed by atoms with E-state index < -0.39 is 97.5 Å². The van der Waals surface area contributed by atoms with Crippen molar-refractivity contribution in [2.45, 2.75) is 331 Å². The van der Waals surface area contributed by atoms with Gasteiger partial charge in [-0.2, -0.15) is 0 Å². The fraction of sp³-hybridized carbons (Fsp3) is 0.938. The molecule has 17 nitrogen and oxygen atoms in total. The molecule has 3 N–H and O–H groups in total. The maximum absolute atomic E-state index is 13.0. The molecule has 0 aliphatic rings. The van der Waals surface area contributed by atoms with Gasteiger partial charge in [0.05, 0.1) is 26.4 Å². The van der Waals surface area contributed by atoms with Gasteiger partial charge >= 0.3 is 39.5 Å². The highest BCUT2D eigenvalue weighted by molar-refractivity contribution is 7.47. The van der Waals surface area contributed by atoms with Crippen LogP contribution in [0.4, 0.5) is 0 Å². The maximum atomic E-state index is 13.0. The molecular formula is C65H126O17P2. The summed E-state index contributed by atoms with van der Waals surface area (Å²) >= 11 is 0. The van der Waals surface area contributed by atoms with Crippen molar-refractivity contribution >= 4 is 39.5 Å². The van der Waals surface area contributed by atoms with E-state index >= 15 is 0 Å². The van der Waals surface area contributed by atoms with Crippen LogP contribution in [0.1, 0.15) is 312 Å². The minimum Gasteiger partial charge on any atom is -0.462 e. The summed E-state index contributed by atoms with van der Waals surface area (Å²) in [6.07, 6.45) is 35.1. The van der Waals surface area contributed by atoms with Crippen molar-refractivity contribution in [2.24, 2.45) is 23.7 Å². The molecule has 0 aliphatic heterocycles. The Bertz CT molecular complexity index is 1680. The number of hydrogen-bond donors (Lipinski definition) is 3. The van der Waals surface area contributed by atoms with E-state index in [9.17, 15) is 43.2 Å². The van der Waals surface area contributed by atoms with Crippen LogP contribution in [0.15, 0.2) is 0 Å². The molecule has 6 atom stereocenters. The van der Waals surface area contributed by atoms with Gasteiger partial charge in [-0.25, -0.2) is 9.13 Å². The molecule has 0 amide bonds. The number of phosphoric ester groups is 2. The normalized spacial score (nSPS) is 14.7. The number of unbranched alkanes of at least 4 members (excludes halogenated alkanes) is 27. The van der Waals surface area contributed by atoms with Crippen LogP contribution in [0.2, 0.25) is 0 Å². The Balaban J connectivity index is 5.25. The van der Waals surface area contributed by atoms with Crippen LogP contribution in [-0.2, 0) is 65.4 Å². The van der Waals surface area contributed by atoms with Crippen molar-refractivity contribution < 1.29 is 80.2 Å². The van der Waals surface area contributed by atoms with E-state index in [1.165, 1.54) is 109 Å². The second-order valence-corrected chi connectivity index (χ2v) is 28.1. The van der Waals surface area contributed by atoms with Crippen molar-refractivity contribution in [3.63, 3.8) is 0 Å². The summed E-state index contributed by atoms with van der Waals surface area (Å²) in [7, 11) is -9.89. The summed E-state index contributed by atoms with van der Waals surface area (Å²) in [6, 6.07) is 0. The lowest BCUT2D eigenvalue weighted by Crippen LogP contribution is -2.30. The Hall–Kier alpha value is -1.94. The van der Waals surface area contributed by atoms with Gasteiger partial charge in [0, 0.05) is 25.7 Å². The van der Waals surface area contributed by atoms with Crippen LogP contribution in [-0.4, -0.2) is 96.7 Å². The largest absolute Gasteiger partial charge is 0.472 e. The van der Waals surface area contributed by atoms with E-state index in [-0.39, 0.29) is 25.7 Å². The Morgan fingerprint density at radius 2 is 0.571 bits per heavy atom. The molecule has 84 heavy (non-hydrogen) atoms. The zero-order chi connectivity index (χ0) is 62.5. The Morgan fingerprint density at radius 3 is 0.845 bits per heavy atom. The van der Waals surface area contributed by atoms with Crippen LogP contribution in [0, 0.1) is 23.7 Å². The van der Waals surface area contributed by atoms with Crippen LogP contribution < -0.4 is 0 Å². The van der Waals surface area contributed by atoms with Crippen LogP contribution >= 0.6 is 15.6 Å². The number of aliphatic hydroxyl groups excluding tert-OH is 1. The predicted octanol–water partition coefficient (Wildman–Crippen LogP) is 17.8. The lowest BCUT2D eigenvalue weighted by molar-refractivity contribution is -0.161. The molecule has 498 valence electrons. The molecule has 0 aromatic heterocycles. The molecule has 0 aliphatic carbocycles. The number of hydrogen-bond acceptors (Lipinski definition) is 15. The number of carbonyl (C=O) groups excluding carboxylic acids is 4. The number of rotatable bonds is 62. The Labute approximate surface area is 511 Å². The number of phosphoric acid groups is 2. The molecule has 0 fully saturated rings. The first-order valence-corrected chi connectivity index (χ1v) is 36.7. The van der Waals surface area contributed by atoms with E-state index in [2.05, 4.69) is 55.4 Å². The molecule has 0 aromatic carbocycles. The average Bonchev–Trinajstić information content (AvgIpc) is 3.44. The molecule has 0 rings (SSSR count). The van der Waals surface area contributed by atoms with Crippen molar-refractivity contribution in [3.8, 4) is 0 Å². The third kappa shape index (κ3) is 57.8. The fourth-order valence-corrected chi connectivity index (χ4v) is 11.2. The summed E-state index contributed by atoms with van der Waals surface area (Å²) in [4.78, 5) is 72.2. The average molecular weight is 1240 g/mol. The molecular weight excluding hydrogens is 1110 g/mol. The molecule has 3 unspecified atom stereocenters. The van der Waals surface area contributed by atoms with Crippen molar-refractivity contribution in [1.82, 2.24) is 0 Å². The van der Waals surface area contributed by atoms with E-state index in [0.29, 0.717) is 37.5 Å². The Morgan fingerprint density at radius 1 is 0.333 bits per heavy atom. The van der Waals surface area contributed by atoms with E-state index in [0.717, 1.165) is 108 Å². The topological polar surface area (TPSA) is 237 Å². The molecule has 0 saturated heterocycles. The SMILES string of the molecule is CCC(C)CCCCCCCCCCCCC(=O)O[C@H](COC(=O)CCCCCCCCCCCC(C)C)COP(=O)(O)OC[C@@H](O)COP(=O)(O)OC[C@@H](COC(=O)CCCCCCCCC(C)C)OC(=O)CCCCCCCCC(C)C. The molecule has 0 saturated carbocycles. The van der Waals surface area contributed by atoms with Crippen molar-refractivity contribution in [1.29, 1.82) is 0 Å².